The Morgan fingerprint density at radius 2 is 1.89 bits per heavy atom. The number of nitrogens with one attached hydrogen (secondary N) is 1. The van der Waals surface area contributed by atoms with E-state index in [-0.39, 0.29) is 17.4 Å². The zero-order valence-corrected chi connectivity index (χ0v) is 20.4. The summed E-state index contributed by atoms with van der Waals surface area (Å²) in [6.45, 7) is 3.28. The molecule has 0 aliphatic heterocycles. The van der Waals surface area contributed by atoms with Gasteiger partial charge in [-0.25, -0.2) is 4.79 Å². The highest BCUT2D eigenvalue weighted by Gasteiger charge is 2.22. The van der Waals surface area contributed by atoms with Crippen LogP contribution in [0.5, 0.6) is 0 Å². The van der Waals surface area contributed by atoms with Gasteiger partial charge in [-0.05, 0) is 51.9 Å². The van der Waals surface area contributed by atoms with Crippen molar-refractivity contribution in [2.24, 2.45) is 7.05 Å². The van der Waals surface area contributed by atoms with Crippen molar-refractivity contribution in [1.29, 1.82) is 0 Å². The molecule has 1 saturated carbocycles. The molecule has 0 radical (unpaired) electrons. The molecule has 3 aromatic rings. The molecule has 11 heteroatoms. The van der Waals surface area contributed by atoms with E-state index in [9.17, 15) is 14.4 Å². The Bertz CT molecular complexity index is 1290. The fraction of sp³-hybridized carbons (Fsp3) is 0.500. The molecule has 35 heavy (non-hydrogen) atoms. The number of aromatic nitrogens is 5. The SMILES string of the molecule is Cc1ccc(-n2nc(-c3noc(C(=O)NCCCN(C)C4CCCCC4)n3)c(=O)n(C)c2=O)cc1. The molecule has 0 atom stereocenters. The first kappa shape index (κ1) is 24.5. The zero-order chi connectivity index (χ0) is 24.9. The lowest BCUT2D eigenvalue weighted by atomic mass is 9.94. The van der Waals surface area contributed by atoms with Crippen LogP contribution in [0.4, 0.5) is 0 Å². The maximum absolute atomic E-state index is 12.7. The molecule has 11 nitrogen and oxygen atoms in total. The summed E-state index contributed by atoms with van der Waals surface area (Å²) >= 11 is 0. The molecule has 0 bridgehead atoms. The second-order valence-corrected chi connectivity index (χ2v) is 9.05. The molecular formula is C24H31N7O4. The van der Waals surface area contributed by atoms with Crippen molar-refractivity contribution < 1.29 is 9.32 Å². The number of aryl methyl sites for hydroxylation is 1. The van der Waals surface area contributed by atoms with E-state index in [0.717, 1.165) is 27.8 Å². The van der Waals surface area contributed by atoms with Crippen LogP contribution in [0, 0.1) is 6.92 Å². The second kappa shape index (κ2) is 10.8. The van der Waals surface area contributed by atoms with Gasteiger partial charge < -0.3 is 14.7 Å². The van der Waals surface area contributed by atoms with Crippen LogP contribution < -0.4 is 16.6 Å². The summed E-state index contributed by atoms with van der Waals surface area (Å²) < 4.78 is 7.09. The van der Waals surface area contributed by atoms with E-state index in [1.807, 2.05) is 19.1 Å². The quantitative estimate of drug-likeness (QED) is 0.481. The van der Waals surface area contributed by atoms with Gasteiger partial charge in [-0.1, -0.05) is 42.1 Å². The zero-order valence-electron chi connectivity index (χ0n) is 20.4. The fourth-order valence-electron chi connectivity index (χ4n) is 4.29. The summed E-state index contributed by atoms with van der Waals surface area (Å²) in [6.07, 6.45) is 7.15. The topological polar surface area (TPSA) is 128 Å². The van der Waals surface area contributed by atoms with Gasteiger partial charge in [0.15, 0.2) is 5.69 Å². The maximum atomic E-state index is 12.7. The van der Waals surface area contributed by atoms with E-state index in [1.54, 1.807) is 12.1 Å². The third-order valence-corrected chi connectivity index (χ3v) is 6.46. The molecule has 4 rings (SSSR count). The van der Waals surface area contributed by atoms with Crippen LogP contribution in [0.2, 0.25) is 0 Å². The number of nitrogens with zero attached hydrogens (tertiary/aromatic N) is 6. The molecule has 0 spiro atoms. The summed E-state index contributed by atoms with van der Waals surface area (Å²) in [6, 6.07) is 7.73. The van der Waals surface area contributed by atoms with Crippen molar-refractivity contribution in [2.75, 3.05) is 20.1 Å². The van der Waals surface area contributed by atoms with E-state index in [2.05, 4.69) is 32.5 Å². The second-order valence-electron chi connectivity index (χ2n) is 9.05. The van der Waals surface area contributed by atoms with Crippen LogP contribution in [0.25, 0.3) is 17.2 Å². The number of amides is 1. The van der Waals surface area contributed by atoms with Gasteiger partial charge in [-0.3, -0.25) is 14.2 Å². The van der Waals surface area contributed by atoms with E-state index in [1.165, 1.54) is 39.2 Å². The van der Waals surface area contributed by atoms with Gasteiger partial charge in [0.2, 0.25) is 5.82 Å². The van der Waals surface area contributed by atoms with Gasteiger partial charge in [0.1, 0.15) is 0 Å². The van der Waals surface area contributed by atoms with Crippen LogP contribution in [0.1, 0.15) is 54.8 Å². The molecular weight excluding hydrogens is 450 g/mol. The molecule has 1 N–H and O–H groups in total. The largest absolute Gasteiger partial charge is 0.351 e. The summed E-state index contributed by atoms with van der Waals surface area (Å²) in [5.74, 6) is -0.945. The third-order valence-electron chi connectivity index (χ3n) is 6.46. The highest BCUT2D eigenvalue weighted by molar-refractivity contribution is 5.89. The van der Waals surface area contributed by atoms with Crippen LogP contribution in [0.15, 0.2) is 38.4 Å². The number of carbonyl (C=O) groups is 1. The van der Waals surface area contributed by atoms with Gasteiger partial charge in [-0.15, -0.1) is 0 Å². The lowest BCUT2D eigenvalue weighted by Gasteiger charge is -2.31. The van der Waals surface area contributed by atoms with E-state index in [0.29, 0.717) is 18.3 Å². The van der Waals surface area contributed by atoms with Crippen molar-refractivity contribution in [1.82, 2.24) is 34.7 Å². The highest BCUT2D eigenvalue weighted by Crippen LogP contribution is 2.21. The van der Waals surface area contributed by atoms with E-state index in [4.69, 9.17) is 4.52 Å². The standard InChI is InChI=1S/C24H31N7O4/c1-16-10-12-18(13-11-16)31-24(34)30(3)23(33)19(27-31)20-26-22(35-28-20)21(32)25-14-7-15-29(2)17-8-5-4-6-9-17/h10-13,17H,4-9,14-15H2,1-3H3,(H,25,32). The predicted octanol–water partition coefficient (Wildman–Crippen LogP) is 1.67. The van der Waals surface area contributed by atoms with Crippen molar-refractivity contribution in [3.63, 3.8) is 0 Å². The van der Waals surface area contributed by atoms with Crippen LogP contribution in [-0.2, 0) is 7.05 Å². The molecule has 1 amide bonds. The smallest absolute Gasteiger partial charge is 0.348 e. The molecule has 2 heterocycles. The molecule has 0 saturated heterocycles. The monoisotopic (exact) mass is 481 g/mol. The Labute approximate surface area is 202 Å². The van der Waals surface area contributed by atoms with Crippen LogP contribution >= 0.6 is 0 Å². The molecule has 0 unspecified atom stereocenters. The van der Waals surface area contributed by atoms with Gasteiger partial charge in [0.25, 0.3) is 5.56 Å². The van der Waals surface area contributed by atoms with Crippen molar-refractivity contribution in [3.8, 4) is 17.2 Å². The first-order valence-electron chi connectivity index (χ1n) is 11.9. The number of benzene rings is 1. The van der Waals surface area contributed by atoms with Gasteiger partial charge in [0.05, 0.1) is 5.69 Å². The normalized spacial score (nSPS) is 14.4. The Kier molecular flexibility index (Phi) is 7.54. The Morgan fingerprint density at radius 1 is 1.17 bits per heavy atom. The van der Waals surface area contributed by atoms with Crippen molar-refractivity contribution in [3.05, 3.63) is 56.6 Å². The Balaban J connectivity index is 1.43. The van der Waals surface area contributed by atoms with Crippen molar-refractivity contribution >= 4 is 5.91 Å². The third kappa shape index (κ3) is 5.56. The molecule has 2 aromatic heterocycles. The van der Waals surface area contributed by atoms with E-state index < -0.39 is 17.2 Å². The summed E-state index contributed by atoms with van der Waals surface area (Å²) in [5.41, 5.74) is 0.0158. The van der Waals surface area contributed by atoms with Gasteiger partial charge >= 0.3 is 17.5 Å². The Morgan fingerprint density at radius 3 is 2.60 bits per heavy atom. The van der Waals surface area contributed by atoms with Gasteiger partial charge in [-0.2, -0.15) is 14.8 Å². The number of rotatable bonds is 8. The highest BCUT2D eigenvalue weighted by atomic mass is 16.5. The first-order chi connectivity index (χ1) is 16.8. The van der Waals surface area contributed by atoms with Crippen LogP contribution in [-0.4, -0.2) is 61.5 Å². The minimum Gasteiger partial charge on any atom is -0.348 e. The molecule has 186 valence electrons. The molecule has 1 aliphatic carbocycles. The number of hydrogen-bond acceptors (Lipinski definition) is 8. The lowest BCUT2D eigenvalue weighted by Crippen LogP contribution is -2.40. The predicted molar refractivity (Wildman–Crippen MR) is 130 cm³/mol. The molecule has 1 aromatic carbocycles. The molecule has 1 aliphatic rings. The fourth-order valence-corrected chi connectivity index (χ4v) is 4.29. The maximum Gasteiger partial charge on any atom is 0.351 e. The first-order valence-corrected chi connectivity index (χ1v) is 11.9. The average Bonchev–Trinajstić information content (AvgIpc) is 3.36. The minimum absolute atomic E-state index is 0.159. The molecule has 1 fully saturated rings. The summed E-state index contributed by atoms with van der Waals surface area (Å²) in [4.78, 5) is 44.2. The van der Waals surface area contributed by atoms with Crippen molar-refractivity contribution in [2.45, 2.75) is 51.5 Å². The van der Waals surface area contributed by atoms with Crippen LogP contribution in [0.3, 0.4) is 0 Å². The van der Waals surface area contributed by atoms with Gasteiger partial charge in [0, 0.05) is 19.6 Å². The Hall–Kier alpha value is -3.60. The summed E-state index contributed by atoms with van der Waals surface area (Å²) in [7, 11) is 3.48. The number of carbonyl (C=O) groups excluding carboxylic acids is 1. The minimum atomic E-state index is -0.683. The average molecular weight is 482 g/mol. The summed E-state index contributed by atoms with van der Waals surface area (Å²) in [5, 5.41) is 10.7. The number of hydrogen-bond donors (Lipinski definition) is 1. The van der Waals surface area contributed by atoms with E-state index >= 15 is 0 Å². The lowest BCUT2D eigenvalue weighted by molar-refractivity contribution is 0.0906.